The molecule has 1 aromatic rings. The number of para-hydroxylation sites is 1. The SMILES string of the molecule is COC(=O)[C@]1(C)CCC(C(=O)Nc2ccccc2C(=O)O)C1(C)C. The second-order valence-corrected chi connectivity index (χ2v) is 6.98. The van der Waals surface area contributed by atoms with Crippen molar-refractivity contribution in [3.8, 4) is 0 Å². The maximum Gasteiger partial charge on any atom is 0.337 e. The van der Waals surface area contributed by atoms with Gasteiger partial charge in [-0.05, 0) is 37.3 Å². The van der Waals surface area contributed by atoms with Crippen LogP contribution in [0, 0.1) is 16.7 Å². The highest BCUT2D eigenvalue weighted by Gasteiger charge is 2.58. The molecular weight excluding hydrogens is 310 g/mol. The number of ether oxygens (including phenoxy) is 1. The van der Waals surface area contributed by atoms with Gasteiger partial charge in [-0.1, -0.05) is 26.0 Å². The molecule has 0 spiro atoms. The van der Waals surface area contributed by atoms with Gasteiger partial charge in [-0.25, -0.2) is 4.79 Å². The summed E-state index contributed by atoms with van der Waals surface area (Å²) >= 11 is 0. The third-order valence-corrected chi connectivity index (χ3v) is 5.59. The molecule has 0 saturated heterocycles. The van der Waals surface area contributed by atoms with E-state index in [-0.39, 0.29) is 23.1 Å². The molecule has 2 rings (SSSR count). The molecule has 130 valence electrons. The van der Waals surface area contributed by atoms with Crippen molar-refractivity contribution in [3.63, 3.8) is 0 Å². The van der Waals surface area contributed by atoms with Crippen LogP contribution in [0.1, 0.15) is 44.0 Å². The van der Waals surface area contributed by atoms with Gasteiger partial charge >= 0.3 is 11.9 Å². The van der Waals surface area contributed by atoms with Crippen LogP contribution < -0.4 is 5.32 Å². The monoisotopic (exact) mass is 333 g/mol. The van der Waals surface area contributed by atoms with Crippen molar-refractivity contribution in [2.24, 2.45) is 16.7 Å². The largest absolute Gasteiger partial charge is 0.478 e. The van der Waals surface area contributed by atoms with E-state index in [2.05, 4.69) is 5.32 Å². The van der Waals surface area contributed by atoms with Crippen LogP contribution >= 0.6 is 0 Å². The van der Waals surface area contributed by atoms with Gasteiger partial charge < -0.3 is 15.2 Å². The van der Waals surface area contributed by atoms with Crippen molar-refractivity contribution in [3.05, 3.63) is 29.8 Å². The van der Waals surface area contributed by atoms with Crippen LogP contribution in [0.25, 0.3) is 0 Å². The number of carboxylic acids is 1. The van der Waals surface area contributed by atoms with Gasteiger partial charge in [0.25, 0.3) is 0 Å². The molecule has 1 aliphatic rings. The van der Waals surface area contributed by atoms with E-state index in [1.54, 1.807) is 18.2 Å². The highest BCUT2D eigenvalue weighted by atomic mass is 16.5. The lowest BCUT2D eigenvalue weighted by Crippen LogP contribution is -2.44. The molecule has 24 heavy (non-hydrogen) atoms. The van der Waals surface area contributed by atoms with Gasteiger partial charge in [0.2, 0.25) is 5.91 Å². The third-order valence-electron chi connectivity index (χ3n) is 5.59. The van der Waals surface area contributed by atoms with Crippen LogP contribution in [-0.2, 0) is 14.3 Å². The fourth-order valence-corrected chi connectivity index (χ4v) is 3.55. The quantitative estimate of drug-likeness (QED) is 0.826. The van der Waals surface area contributed by atoms with Crippen molar-refractivity contribution in [1.82, 2.24) is 0 Å². The van der Waals surface area contributed by atoms with Gasteiger partial charge in [-0.2, -0.15) is 0 Å². The number of benzene rings is 1. The van der Waals surface area contributed by atoms with E-state index in [1.807, 2.05) is 20.8 Å². The first-order chi connectivity index (χ1) is 11.1. The number of amides is 1. The fourth-order valence-electron chi connectivity index (χ4n) is 3.55. The van der Waals surface area contributed by atoms with Crippen molar-refractivity contribution in [1.29, 1.82) is 0 Å². The number of carboxylic acid groups (broad SMARTS) is 1. The van der Waals surface area contributed by atoms with Gasteiger partial charge in [0.1, 0.15) is 0 Å². The average molecular weight is 333 g/mol. The number of hydrogen-bond acceptors (Lipinski definition) is 4. The number of carbonyl (C=O) groups is 3. The molecule has 2 N–H and O–H groups in total. The van der Waals surface area contributed by atoms with Crippen molar-refractivity contribution >= 4 is 23.5 Å². The Balaban J connectivity index is 2.26. The van der Waals surface area contributed by atoms with Crippen LogP contribution in [0.3, 0.4) is 0 Å². The summed E-state index contributed by atoms with van der Waals surface area (Å²) in [5.41, 5.74) is -1.06. The second-order valence-electron chi connectivity index (χ2n) is 6.98. The molecule has 1 amide bonds. The van der Waals surface area contributed by atoms with Crippen molar-refractivity contribution in [2.45, 2.75) is 33.6 Å². The lowest BCUT2D eigenvalue weighted by molar-refractivity contribution is -0.158. The summed E-state index contributed by atoms with van der Waals surface area (Å²) in [7, 11) is 1.35. The molecule has 1 fully saturated rings. The summed E-state index contributed by atoms with van der Waals surface area (Å²) in [5.74, 6) is -2.12. The lowest BCUT2D eigenvalue weighted by atomic mass is 9.65. The summed E-state index contributed by atoms with van der Waals surface area (Å²) in [6.07, 6.45) is 1.09. The van der Waals surface area contributed by atoms with E-state index < -0.39 is 22.7 Å². The smallest absolute Gasteiger partial charge is 0.337 e. The highest BCUT2D eigenvalue weighted by Crippen LogP contribution is 2.56. The molecule has 6 heteroatoms. The first-order valence-corrected chi connectivity index (χ1v) is 7.86. The summed E-state index contributed by atoms with van der Waals surface area (Å²) in [6, 6.07) is 6.27. The molecule has 0 aromatic heterocycles. The summed E-state index contributed by atoms with van der Waals surface area (Å²) < 4.78 is 4.92. The normalized spacial score (nSPS) is 25.1. The Morgan fingerprint density at radius 3 is 2.42 bits per heavy atom. The molecule has 1 unspecified atom stereocenters. The summed E-state index contributed by atoms with van der Waals surface area (Å²) in [6.45, 7) is 5.58. The standard InChI is InChI=1S/C18H23NO5/c1-17(2)12(9-10-18(17,3)16(23)24-4)14(20)19-13-8-6-5-7-11(13)15(21)22/h5-8,12H,9-10H2,1-4H3,(H,19,20)(H,21,22)/t12?,18-/m0/s1. The van der Waals surface area contributed by atoms with Crippen molar-refractivity contribution in [2.75, 3.05) is 12.4 Å². The fraction of sp³-hybridized carbons (Fsp3) is 0.500. The van der Waals surface area contributed by atoms with E-state index in [9.17, 15) is 19.5 Å². The predicted octanol–water partition coefficient (Wildman–Crippen LogP) is 2.94. The summed E-state index contributed by atoms with van der Waals surface area (Å²) in [4.78, 5) is 36.2. The minimum atomic E-state index is -1.10. The third kappa shape index (κ3) is 2.77. The van der Waals surface area contributed by atoms with Crippen LogP contribution in [-0.4, -0.2) is 30.1 Å². The number of carbonyl (C=O) groups excluding carboxylic acids is 2. The number of nitrogens with one attached hydrogen (secondary N) is 1. The Bertz CT molecular complexity index is 682. The van der Waals surface area contributed by atoms with Crippen molar-refractivity contribution < 1.29 is 24.2 Å². The second kappa shape index (κ2) is 6.26. The number of anilines is 1. The molecule has 0 aliphatic heterocycles. The first-order valence-electron chi connectivity index (χ1n) is 7.86. The molecule has 6 nitrogen and oxygen atoms in total. The maximum absolute atomic E-state index is 12.7. The first kappa shape index (κ1) is 18.0. The number of hydrogen-bond donors (Lipinski definition) is 2. The van der Waals surface area contributed by atoms with Gasteiger partial charge in [0.05, 0.1) is 23.8 Å². The molecule has 0 heterocycles. The van der Waals surface area contributed by atoms with E-state index >= 15 is 0 Å². The van der Waals surface area contributed by atoms with Crippen LogP contribution in [0.15, 0.2) is 24.3 Å². The number of aromatic carboxylic acids is 1. The Morgan fingerprint density at radius 1 is 1.21 bits per heavy atom. The molecule has 1 aromatic carbocycles. The molecule has 0 bridgehead atoms. The zero-order valence-electron chi connectivity index (χ0n) is 14.4. The van der Waals surface area contributed by atoms with Gasteiger partial charge in [-0.3, -0.25) is 9.59 Å². The van der Waals surface area contributed by atoms with Gasteiger partial charge in [0.15, 0.2) is 0 Å². The van der Waals surface area contributed by atoms with E-state index in [1.165, 1.54) is 13.2 Å². The van der Waals surface area contributed by atoms with E-state index in [4.69, 9.17) is 4.74 Å². The Morgan fingerprint density at radius 2 is 1.83 bits per heavy atom. The van der Waals surface area contributed by atoms with Crippen LogP contribution in [0.5, 0.6) is 0 Å². The average Bonchev–Trinajstić information content (AvgIpc) is 2.78. The topological polar surface area (TPSA) is 92.7 Å². The van der Waals surface area contributed by atoms with Crippen LogP contribution in [0.4, 0.5) is 5.69 Å². The number of esters is 1. The van der Waals surface area contributed by atoms with E-state index in [0.29, 0.717) is 12.8 Å². The Hall–Kier alpha value is -2.37. The molecular formula is C18H23NO5. The summed E-state index contributed by atoms with van der Waals surface area (Å²) in [5, 5.41) is 11.9. The van der Waals surface area contributed by atoms with Crippen LogP contribution in [0.2, 0.25) is 0 Å². The molecule has 1 saturated carbocycles. The zero-order valence-corrected chi connectivity index (χ0v) is 14.4. The Kier molecular flexibility index (Phi) is 4.69. The zero-order chi connectivity index (χ0) is 18.1. The lowest BCUT2D eigenvalue weighted by Gasteiger charge is -2.38. The van der Waals surface area contributed by atoms with Gasteiger partial charge in [0, 0.05) is 5.92 Å². The predicted molar refractivity (Wildman–Crippen MR) is 88.7 cm³/mol. The number of methoxy groups -OCH3 is 1. The Labute approximate surface area is 141 Å². The minimum Gasteiger partial charge on any atom is -0.478 e. The number of rotatable bonds is 4. The minimum absolute atomic E-state index is 0.0392. The molecule has 1 aliphatic carbocycles. The molecule has 0 radical (unpaired) electrons. The molecule has 2 atom stereocenters. The van der Waals surface area contributed by atoms with Gasteiger partial charge in [-0.15, -0.1) is 0 Å². The highest BCUT2D eigenvalue weighted by molar-refractivity contribution is 6.01. The van der Waals surface area contributed by atoms with E-state index in [0.717, 1.165) is 0 Å². The maximum atomic E-state index is 12.7.